The predicted molar refractivity (Wildman–Crippen MR) is 85.4 cm³/mol. The molecular weight excluding hydrogens is 336 g/mol. The largest absolute Gasteiger partial charge is 0.454 e. The maximum absolute atomic E-state index is 11.5. The number of benzene rings is 1. The Hall–Kier alpha value is -2.52. The number of aromatic nitrogens is 1. The standard InChI is InChI=1S/C15H16N2O6S/c1-2-22-15(20)17-12(18)7-23-14(19)9-21-8-13-16-10-5-3-4-6-11(10)24-13/h3-6H,2,7-9H2,1H3,(H,17,18,20). The van der Waals surface area contributed by atoms with Crippen molar-refractivity contribution in [3.05, 3.63) is 29.3 Å². The van der Waals surface area contributed by atoms with E-state index in [4.69, 9.17) is 4.74 Å². The van der Waals surface area contributed by atoms with Gasteiger partial charge >= 0.3 is 12.1 Å². The van der Waals surface area contributed by atoms with Crippen LogP contribution in [0.25, 0.3) is 10.2 Å². The molecule has 0 atom stereocenters. The van der Waals surface area contributed by atoms with Crippen LogP contribution in [0.4, 0.5) is 4.79 Å². The van der Waals surface area contributed by atoms with Crippen molar-refractivity contribution in [2.45, 2.75) is 13.5 Å². The summed E-state index contributed by atoms with van der Waals surface area (Å²) in [7, 11) is 0. The van der Waals surface area contributed by atoms with Gasteiger partial charge in [-0.1, -0.05) is 12.1 Å². The molecule has 1 aromatic heterocycles. The average Bonchev–Trinajstić information content (AvgIpc) is 2.96. The smallest absolute Gasteiger partial charge is 0.413 e. The topological polar surface area (TPSA) is 104 Å². The molecule has 0 fully saturated rings. The molecule has 24 heavy (non-hydrogen) atoms. The van der Waals surface area contributed by atoms with Crippen molar-refractivity contribution in [2.75, 3.05) is 19.8 Å². The summed E-state index contributed by atoms with van der Waals surface area (Å²) in [5.41, 5.74) is 0.874. The summed E-state index contributed by atoms with van der Waals surface area (Å²) in [4.78, 5) is 38.1. The fourth-order valence-electron chi connectivity index (χ4n) is 1.71. The summed E-state index contributed by atoms with van der Waals surface area (Å²) in [6, 6.07) is 7.66. The van der Waals surface area contributed by atoms with Gasteiger partial charge in [-0.25, -0.2) is 14.6 Å². The zero-order valence-corrected chi connectivity index (χ0v) is 13.8. The zero-order valence-electron chi connectivity index (χ0n) is 12.9. The molecule has 128 valence electrons. The number of hydrogen-bond acceptors (Lipinski definition) is 8. The maximum Gasteiger partial charge on any atom is 0.413 e. The molecule has 2 rings (SSSR count). The van der Waals surface area contributed by atoms with E-state index in [1.165, 1.54) is 11.3 Å². The molecule has 0 aliphatic carbocycles. The van der Waals surface area contributed by atoms with Crippen LogP contribution in [0.15, 0.2) is 24.3 Å². The Bertz CT molecular complexity index is 697. The summed E-state index contributed by atoms with van der Waals surface area (Å²) in [5, 5.41) is 2.65. The SMILES string of the molecule is CCOC(=O)NC(=O)COC(=O)COCc1nc2ccccc2s1. The highest BCUT2D eigenvalue weighted by atomic mass is 32.1. The Morgan fingerprint density at radius 2 is 1.96 bits per heavy atom. The number of thiazole rings is 1. The third-order valence-electron chi connectivity index (χ3n) is 2.66. The lowest BCUT2D eigenvalue weighted by Crippen LogP contribution is -2.34. The van der Waals surface area contributed by atoms with Crippen molar-refractivity contribution in [3.8, 4) is 0 Å². The first-order chi connectivity index (χ1) is 11.6. The Labute approximate surface area is 141 Å². The molecule has 2 amide bonds. The van der Waals surface area contributed by atoms with Gasteiger partial charge in [0.1, 0.15) is 11.6 Å². The summed E-state index contributed by atoms with van der Waals surface area (Å²) in [6.07, 6.45) is -0.884. The third-order valence-corrected chi connectivity index (χ3v) is 3.67. The first-order valence-corrected chi connectivity index (χ1v) is 7.94. The molecular formula is C15H16N2O6S. The molecule has 0 unspecified atom stereocenters. The van der Waals surface area contributed by atoms with Crippen LogP contribution in [0.2, 0.25) is 0 Å². The van der Waals surface area contributed by atoms with Gasteiger partial charge in [-0.15, -0.1) is 11.3 Å². The first kappa shape index (κ1) is 17.8. The van der Waals surface area contributed by atoms with Gasteiger partial charge in [-0.05, 0) is 19.1 Å². The van der Waals surface area contributed by atoms with Crippen LogP contribution in [0, 0.1) is 0 Å². The minimum absolute atomic E-state index is 0.137. The summed E-state index contributed by atoms with van der Waals surface area (Å²) in [5.74, 6) is -1.48. The number of nitrogens with zero attached hydrogens (tertiary/aromatic N) is 1. The minimum atomic E-state index is -0.884. The van der Waals surface area contributed by atoms with Gasteiger partial charge in [-0.2, -0.15) is 0 Å². The number of fused-ring (bicyclic) bond motifs is 1. The number of esters is 1. The maximum atomic E-state index is 11.5. The second-order valence-electron chi connectivity index (χ2n) is 4.50. The predicted octanol–water partition coefficient (Wildman–Crippen LogP) is 1.63. The quantitative estimate of drug-likeness (QED) is 0.755. The molecule has 8 nitrogen and oxygen atoms in total. The molecule has 0 aliphatic rings. The first-order valence-electron chi connectivity index (χ1n) is 7.13. The molecule has 0 saturated heterocycles. The second kappa shape index (κ2) is 8.94. The highest BCUT2D eigenvalue weighted by molar-refractivity contribution is 7.18. The number of hydrogen-bond donors (Lipinski definition) is 1. The number of carbonyl (C=O) groups excluding carboxylic acids is 3. The van der Waals surface area contributed by atoms with E-state index in [9.17, 15) is 14.4 Å². The van der Waals surface area contributed by atoms with Crippen molar-refractivity contribution < 1.29 is 28.6 Å². The van der Waals surface area contributed by atoms with Gasteiger partial charge in [0.05, 0.1) is 23.4 Å². The molecule has 0 spiro atoms. The number of rotatable bonds is 7. The van der Waals surface area contributed by atoms with Crippen molar-refractivity contribution in [1.82, 2.24) is 10.3 Å². The van der Waals surface area contributed by atoms with Crippen molar-refractivity contribution in [3.63, 3.8) is 0 Å². The highest BCUT2D eigenvalue weighted by Crippen LogP contribution is 2.21. The minimum Gasteiger partial charge on any atom is -0.454 e. The molecule has 2 aromatic rings. The fraction of sp³-hybridized carbons (Fsp3) is 0.333. The van der Waals surface area contributed by atoms with Crippen molar-refractivity contribution in [1.29, 1.82) is 0 Å². The third kappa shape index (κ3) is 5.60. The van der Waals surface area contributed by atoms with Crippen LogP contribution in [0.1, 0.15) is 11.9 Å². The lowest BCUT2D eigenvalue weighted by atomic mass is 10.3. The van der Waals surface area contributed by atoms with Crippen LogP contribution in [-0.4, -0.2) is 42.8 Å². The summed E-state index contributed by atoms with van der Waals surface area (Å²) >= 11 is 1.47. The number of imide groups is 1. The van der Waals surface area contributed by atoms with E-state index >= 15 is 0 Å². The van der Waals surface area contributed by atoms with E-state index in [0.717, 1.165) is 15.2 Å². The monoisotopic (exact) mass is 352 g/mol. The Kier molecular flexibility index (Phi) is 6.64. The lowest BCUT2D eigenvalue weighted by Gasteiger charge is -2.05. The van der Waals surface area contributed by atoms with E-state index in [1.807, 2.05) is 29.6 Å². The lowest BCUT2D eigenvalue weighted by molar-refractivity contribution is -0.153. The zero-order chi connectivity index (χ0) is 17.4. The van der Waals surface area contributed by atoms with Crippen LogP contribution in [0.5, 0.6) is 0 Å². The van der Waals surface area contributed by atoms with Gasteiger partial charge in [0.15, 0.2) is 6.61 Å². The van der Waals surface area contributed by atoms with E-state index in [1.54, 1.807) is 6.92 Å². The molecule has 0 bridgehead atoms. The van der Waals surface area contributed by atoms with Gasteiger partial charge in [0.2, 0.25) is 0 Å². The van der Waals surface area contributed by atoms with Gasteiger partial charge < -0.3 is 14.2 Å². The average molecular weight is 352 g/mol. The number of alkyl carbamates (subject to hydrolysis) is 1. The van der Waals surface area contributed by atoms with Crippen LogP contribution in [0.3, 0.4) is 0 Å². The molecule has 1 heterocycles. The van der Waals surface area contributed by atoms with Crippen molar-refractivity contribution in [2.24, 2.45) is 0 Å². The van der Waals surface area contributed by atoms with Crippen LogP contribution >= 0.6 is 11.3 Å². The molecule has 0 saturated carbocycles. The number of ether oxygens (including phenoxy) is 3. The van der Waals surface area contributed by atoms with E-state index in [2.05, 4.69) is 14.5 Å². The number of para-hydroxylation sites is 1. The number of nitrogens with one attached hydrogen (secondary N) is 1. The number of carbonyl (C=O) groups is 3. The molecule has 9 heteroatoms. The van der Waals surface area contributed by atoms with E-state index in [0.29, 0.717) is 0 Å². The van der Waals surface area contributed by atoms with Crippen molar-refractivity contribution >= 4 is 39.5 Å². The highest BCUT2D eigenvalue weighted by Gasteiger charge is 2.12. The molecule has 0 radical (unpaired) electrons. The van der Waals surface area contributed by atoms with E-state index in [-0.39, 0.29) is 19.8 Å². The fourth-order valence-corrected chi connectivity index (χ4v) is 2.61. The van der Waals surface area contributed by atoms with Gasteiger partial charge in [-0.3, -0.25) is 10.1 Å². The van der Waals surface area contributed by atoms with Crippen LogP contribution in [-0.2, 0) is 30.4 Å². The van der Waals surface area contributed by atoms with Gasteiger partial charge in [0, 0.05) is 0 Å². The Balaban J connectivity index is 1.66. The number of amides is 2. The normalized spacial score (nSPS) is 10.4. The van der Waals surface area contributed by atoms with E-state index < -0.39 is 24.6 Å². The van der Waals surface area contributed by atoms with Crippen LogP contribution < -0.4 is 5.32 Å². The molecule has 0 aliphatic heterocycles. The Morgan fingerprint density at radius 3 is 2.71 bits per heavy atom. The molecule has 1 N–H and O–H groups in total. The Morgan fingerprint density at radius 1 is 1.17 bits per heavy atom. The van der Waals surface area contributed by atoms with Gasteiger partial charge in [0.25, 0.3) is 5.91 Å². The summed E-state index contributed by atoms with van der Waals surface area (Å²) < 4.78 is 15.4. The molecule has 1 aromatic carbocycles. The second-order valence-corrected chi connectivity index (χ2v) is 5.61. The summed E-state index contributed by atoms with van der Waals surface area (Å²) in [6.45, 7) is 1.01.